The first-order chi connectivity index (χ1) is 13.4. The molecule has 0 saturated carbocycles. The summed E-state index contributed by atoms with van der Waals surface area (Å²) in [6, 6.07) is 6.65. The first-order valence-electron chi connectivity index (χ1n) is 8.69. The lowest BCUT2D eigenvalue weighted by Gasteiger charge is -2.20. The topological polar surface area (TPSA) is 158 Å². The number of aliphatic imine (C=N–C) groups is 1. The highest BCUT2D eigenvalue weighted by molar-refractivity contribution is 5.87. The van der Waals surface area contributed by atoms with E-state index in [0.717, 1.165) is 5.56 Å². The molecule has 0 saturated heterocycles. The van der Waals surface area contributed by atoms with Crippen LogP contribution in [0.5, 0.6) is 0 Å². The summed E-state index contributed by atoms with van der Waals surface area (Å²) >= 11 is 0. The number of carbonyl (C=O) groups excluding carboxylic acids is 3. The Morgan fingerprint density at radius 1 is 1.00 bits per heavy atom. The molecule has 10 nitrogen and oxygen atoms in total. The molecule has 0 heterocycles. The highest BCUT2D eigenvalue weighted by Gasteiger charge is 2.25. The van der Waals surface area contributed by atoms with Gasteiger partial charge in [-0.3, -0.25) is 4.99 Å². The molecule has 6 N–H and O–H groups in total. The molecule has 0 aromatic heterocycles. The average Bonchev–Trinajstić information content (AvgIpc) is 2.69. The second-order valence-electron chi connectivity index (χ2n) is 5.91. The lowest BCUT2D eigenvalue weighted by Crippen LogP contribution is -2.52. The highest BCUT2D eigenvalue weighted by atomic mass is 16.5. The van der Waals surface area contributed by atoms with Gasteiger partial charge < -0.3 is 31.6 Å². The first-order valence-corrected chi connectivity index (χ1v) is 8.69. The van der Waals surface area contributed by atoms with Gasteiger partial charge in [-0.25, -0.2) is 14.4 Å². The van der Waals surface area contributed by atoms with Gasteiger partial charge in [0, 0.05) is 13.0 Å². The summed E-state index contributed by atoms with van der Waals surface area (Å²) in [4.78, 5) is 40.1. The number of urea groups is 1. The van der Waals surface area contributed by atoms with Crippen LogP contribution in [0.3, 0.4) is 0 Å². The number of benzene rings is 1. The summed E-state index contributed by atoms with van der Waals surface area (Å²) < 4.78 is 9.45. The summed E-state index contributed by atoms with van der Waals surface area (Å²) in [6.07, 6.45) is 0.954. The SMILES string of the molecule is COC(=O)[C@H](CCCN=C(N)N)NC(=O)N[C@@H](Cc1ccccc1)C(=O)OC. The van der Waals surface area contributed by atoms with Crippen molar-refractivity contribution in [2.75, 3.05) is 20.8 Å². The largest absolute Gasteiger partial charge is 0.467 e. The molecule has 0 aliphatic rings. The maximum Gasteiger partial charge on any atom is 0.328 e. The molecule has 0 spiro atoms. The van der Waals surface area contributed by atoms with Gasteiger partial charge in [0.2, 0.25) is 0 Å². The normalized spacial score (nSPS) is 12.2. The minimum atomic E-state index is -0.910. The third-order valence-corrected chi connectivity index (χ3v) is 3.81. The molecule has 0 unspecified atom stereocenters. The van der Waals surface area contributed by atoms with Gasteiger partial charge in [-0.2, -0.15) is 0 Å². The number of rotatable bonds is 10. The summed E-state index contributed by atoms with van der Waals surface area (Å²) in [7, 11) is 2.46. The van der Waals surface area contributed by atoms with E-state index in [1.54, 1.807) is 0 Å². The van der Waals surface area contributed by atoms with Crippen LogP contribution in [-0.2, 0) is 25.5 Å². The third kappa shape index (κ3) is 8.39. The smallest absolute Gasteiger partial charge is 0.328 e. The van der Waals surface area contributed by atoms with Crippen molar-refractivity contribution in [1.29, 1.82) is 0 Å². The zero-order chi connectivity index (χ0) is 20.9. The molecule has 0 fully saturated rings. The third-order valence-electron chi connectivity index (χ3n) is 3.81. The van der Waals surface area contributed by atoms with E-state index in [1.807, 2.05) is 30.3 Å². The van der Waals surface area contributed by atoms with Gasteiger partial charge >= 0.3 is 18.0 Å². The van der Waals surface area contributed by atoms with E-state index in [-0.39, 0.29) is 18.8 Å². The van der Waals surface area contributed by atoms with Crippen LogP contribution in [0, 0.1) is 0 Å². The van der Waals surface area contributed by atoms with Gasteiger partial charge in [0.25, 0.3) is 0 Å². The summed E-state index contributed by atoms with van der Waals surface area (Å²) in [5.74, 6) is -1.26. The number of amides is 2. The number of guanidine groups is 1. The van der Waals surface area contributed by atoms with Crippen LogP contribution in [0.2, 0.25) is 0 Å². The maximum absolute atomic E-state index is 12.3. The summed E-state index contributed by atoms with van der Waals surface area (Å²) in [5.41, 5.74) is 11.3. The minimum Gasteiger partial charge on any atom is -0.467 e. The molecule has 0 radical (unpaired) electrons. The lowest BCUT2D eigenvalue weighted by molar-refractivity contribution is -0.143. The molecule has 154 valence electrons. The van der Waals surface area contributed by atoms with Crippen molar-refractivity contribution in [3.63, 3.8) is 0 Å². The van der Waals surface area contributed by atoms with E-state index < -0.39 is 30.1 Å². The predicted molar refractivity (Wildman–Crippen MR) is 103 cm³/mol. The Hall–Kier alpha value is -3.30. The predicted octanol–water partition coefficient (Wildman–Crippen LogP) is -0.335. The van der Waals surface area contributed by atoms with Crippen molar-refractivity contribution in [2.45, 2.75) is 31.3 Å². The fourth-order valence-electron chi connectivity index (χ4n) is 2.44. The second-order valence-corrected chi connectivity index (χ2v) is 5.91. The second kappa shape index (κ2) is 12.2. The van der Waals surface area contributed by atoms with Crippen LogP contribution in [0.25, 0.3) is 0 Å². The van der Waals surface area contributed by atoms with Crippen LogP contribution in [0.15, 0.2) is 35.3 Å². The van der Waals surface area contributed by atoms with Crippen molar-refractivity contribution in [1.82, 2.24) is 10.6 Å². The standard InChI is InChI=1S/C18H27N5O5/c1-27-15(24)13(9-6-10-21-17(19)20)22-18(26)23-14(16(25)28-2)11-12-7-4-3-5-8-12/h3-5,7-8,13-14H,6,9-11H2,1-2H3,(H4,19,20,21)(H2,22,23,26)/t13-,14-/m0/s1. The zero-order valence-electron chi connectivity index (χ0n) is 16.0. The molecule has 1 aromatic rings. The molecular weight excluding hydrogens is 366 g/mol. The molecule has 2 atom stereocenters. The number of nitrogens with two attached hydrogens (primary N) is 2. The molecule has 1 rings (SSSR count). The van der Waals surface area contributed by atoms with Crippen LogP contribution in [-0.4, -0.2) is 56.8 Å². The van der Waals surface area contributed by atoms with Gasteiger partial charge in [0.15, 0.2) is 5.96 Å². The van der Waals surface area contributed by atoms with E-state index in [4.69, 9.17) is 20.9 Å². The molecule has 0 aliphatic heterocycles. The fourth-order valence-corrected chi connectivity index (χ4v) is 2.44. The average molecular weight is 393 g/mol. The Kier molecular flexibility index (Phi) is 9.87. The quantitative estimate of drug-likeness (QED) is 0.183. The highest BCUT2D eigenvalue weighted by Crippen LogP contribution is 2.05. The van der Waals surface area contributed by atoms with Crippen molar-refractivity contribution < 1.29 is 23.9 Å². The van der Waals surface area contributed by atoms with Gasteiger partial charge in [0.1, 0.15) is 12.1 Å². The number of methoxy groups -OCH3 is 2. The number of nitrogens with zero attached hydrogens (tertiary/aromatic N) is 1. The number of hydrogen-bond acceptors (Lipinski definition) is 6. The van der Waals surface area contributed by atoms with Crippen LogP contribution in [0.1, 0.15) is 18.4 Å². The van der Waals surface area contributed by atoms with E-state index in [0.29, 0.717) is 13.0 Å². The van der Waals surface area contributed by atoms with Crippen molar-refractivity contribution in [2.24, 2.45) is 16.5 Å². The van der Waals surface area contributed by atoms with Crippen molar-refractivity contribution in [3.8, 4) is 0 Å². The minimum absolute atomic E-state index is 0.0536. The maximum atomic E-state index is 12.3. The van der Waals surface area contributed by atoms with E-state index in [1.165, 1.54) is 14.2 Å². The van der Waals surface area contributed by atoms with Crippen LogP contribution < -0.4 is 22.1 Å². The van der Waals surface area contributed by atoms with E-state index in [9.17, 15) is 14.4 Å². The number of hydrogen-bond donors (Lipinski definition) is 4. The van der Waals surface area contributed by atoms with Crippen molar-refractivity contribution >= 4 is 23.9 Å². The summed E-state index contributed by atoms with van der Waals surface area (Å²) in [6.45, 7) is 0.303. The molecule has 28 heavy (non-hydrogen) atoms. The molecule has 2 amide bonds. The van der Waals surface area contributed by atoms with E-state index in [2.05, 4.69) is 15.6 Å². The van der Waals surface area contributed by atoms with Gasteiger partial charge in [0.05, 0.1) is 14.2 Å². The fraction of sp³-hybridized carbons (Fsp3) is 0.444. The molecule has 1 aromatic carbocycles. The number of ether oxygens (including phenoxy) is 2. The van der Waals surface area contributed by atoms with Gasteiger partial charge in [-0.1, -0.05) is 30.3 Å². The van der Waals surface area contributed by atoms with Crippen molar-refractivity contribution in [3.05, 3.63) is 35.9 Å². The zero-order valence-corrected chi connectivity index (χ0v) is 16.0. The monoisotopic (exact) mass is 393 g/mol. The van der Waals surface area contributed by atoms with Crippen LogP contribution in [0.4, 0.5) is 4.79 Å². The Morgan fingerprint density at radius 2 is 1.57 bits per heavy atom. The van der Waals surface area contributed by atoms with Gasteiger partial charge in [-0.05, 0) is 18.4 Å². The Bertz CT molecular complexity index is 676. The van der Waals surface area contributed by atoms with Crippen LogP contribution >= 0.6 is 0 Å². The van der Waals surface area contributed by atoms with E-state index >= 15 is 0 Å². The van der Waals surface area contributed by atoms with Gasteiger partial charge in [-0.15, -0.1) is 0 Å². The first kappa shape index (κ1) is 22.7. The molecule has 0 aliphatic carbocycles. The Morgan fingerprint density at radius 3 is 2.14 bits per heavy atom. The Labute approximate surface area is 163 Å². The Balaban J connectivity index is 2.70. The molecule has 10 heteroatoms. The lowest BCUT2D eigenvalue weighted by atomic mass is 10.1. The number of carbonyl (C=O) groups is 3. The molecule has 0 bridgehead atoms. The molecular formula is C18H27N5O5. The number of esters is 2. The summed E-state index contributed by atoms with van der Waals surface area (Å²) in [5, 5.41) is 5.04. The number of nitrogens with one attached hydrogen (secondary N) is 2.